The van der Waals surface area contributed by atoms with Crippen LogP contribution >= 0.6 is 11.8 Å². The number of halogens is 1. The van der Waals surface area contributed by atoms with Gasteiger partial charge in [-0.2, -0.15) is 4.98 Å². The first-order chi connectivity index (χ1) is 19.8. The van der Waals surface area contributed by atoms with Crippen LogP contribution in [0.15, 0.2) is 65.7 Å². The maximum atomic E-state index is 14.8. The fraction of sp³-hybridized carbons (Fsp3) is 0.207. The summed E-state index contributed by atoms with van der Waals surface area (Å²) in [6.45, 7) is 2.25. The molecule has 212 valence electrons. The summed E-state index contributed by atoms with van der Waals surface area (Å²) in [5.74, 6) is 0.385. The third kappa shape index (κ3) is 5.92. The number of aromatic hydroxyl groups is 1. The monoisotopic (exact) mass is 577 g/mol. The molecule has 12 heteroatoms. The standard InChI is InChI=1S/C29H28FN5O5S/c1-16-28(37)35(15-17-5-8-20(38-2)9-6-17)22-11-18(7-10-25(22)41-16)32-27-21(30)14-31-29(34-27)33-19-12-23(36)26(40-4)24(13-19)39-3/h5-14,16,36H,15H2,1-4H3,(H2,31,32,33,34)/t16-/m1/s1. The van der Waals surface area contributed by atoms with Crippen molar-refractivity contribution in [3.8, 4) is 23.0 Å². The van der Waals surface area contributed by atoms with Gasteiger partial charge in [-0.1, -0.05) is 12.1 Å². The lowest BCUT2D eigenvalue weighted by Gasteiger charge is -2.33. The van der Waals surface area contributed by atoms with E-state index in [1.165, 1.54) is 32.0 Å². The van der Waals surface area contributed by atoms with Gasteiger partial charge in [-0.15, -0.1) is 11.8 Å². The Hall–Kier alpha value is -4.71. The normalized spacial score (nSPS) is 14.3. The van der Waals surface area contributed by atoms with Crippen molar-refractivity contribution in [1.82, 2.24) is 9.97 Å². The molecule has 0 saturated carbocycles. The molecule has 0 saturated heterocycles. The molecule has 0 fully saturated rings. The number of carbonyl (C=O) groups is 1. The van der Waals surface area contributed by atoms with Gasteiger partial charge in [0.1, 0.15) is 5.75 Å². The summed E-state index contributed by atoms with van der Waals surface area (Å²) in [5, 5.41) is 15.9. The number of anilines is 5. The summed E-state index contributed by atoms with van der Waals surface area (Å²) in [7, 11) is 4.47. The minimum atomic E-state index is -0.669. The first-order valence-corrected chi connectivity index (χ1v) is 13.4. The van der Waals surface area contributed by atoms with E-state index in [2.05, 4.69) is 20.6 Å². The summed E-state index contributed by atoms with van der Waals surface area (Å²) in [5.41, 5.74) is 2.61. The molecule has 0 aliphatic carbocycles. The van der Waals surface area contributed by atoms with E-state index in [4.69, 9.17) is 14.2 Å². The van der Waals surface area contributed by atoms with E-state index in [1.54, 1.807) is 30.2 Å². The number of aromatic nitrogens is 2. The average molecular weight is 578 g/mol. The molecular formula is C29H28FN5O5S. The van der Waals surface area contributed by atoms with Gasteiger partial charge < -0.3 is 34.9 Å². The second kappa shape index (κ2) is 11.8. The number of methoxy groups -OCH3 is 3. The van der Waals surface area contributed by atoms with Gasteiger partial charge in [0.15, 0.2) is 23.1 Å². The van der Waals surface area contributed by atoms with Gasteiger partial charge in [-0.3, -0.25) is 4.79 Å². The average Bonchev–Trinajstić information content (AvgIpc) is 2.97. The lowest BCUT2D eigenvalue weighted by Crippen LogP contribution is -2.39. The smallest absolute Gasteiger partial charge is 0.240 e. The lowest BCUT2D eigenvalue weighted by molar-refractivity contribution is -0.118. The topological polar surface area (TPSA) is 118 Å². The van der Waals surface area contributed by atoms with E-state index >= 15 is 0 Å². The third-order valence-corrected chi connectivity index (χ3v) is 7.54. The van der Waals surface area contributed by atoms with Gasteiger partial charge in [0.25, 0.3) is 0 Å². The minimum Gasteiger partial charge on any atom is -0.504 e. The third-order valence-electron chi connectivity index (χ3n) is 6.39. The van der Waals surface area contributed by atoms with E-state index in [9.17, 15) is 14.3 Å². The zero-order valence-corrected chi connectivity index (χ0v) is 23.6. The van der Waals surface area contributed by atoms with Crippen molar-refractivity contribution < 1.29 is 28.5 Å². The van der Waals surface area contributed by atoms with Crippen molar-refractivity contribution in [2.45, 2.75) is 23.6 Å². The van der Waals surface area contributed by atoms with Crippen molar-refractivity contribution >= 4 is 46.5 Å². The number of thioether (sulfide) groups is 1. The SMILES string of the molecule is COc1ccc(CN2C(=O)[C@@H](C)Sc3ccc(Nc4nc(Nc5cc(O)c(OC)c(OC)c5)ncc4F)cc32)cc1. The molecule has 3 N–H and O–H groups in total. The van der Waals surface area contributed by atoms with Gasteiger partial charge in [0.2, 0.25) is 17.6 Å². The van der Waals surface area contributed by atoms with Crippen LogP contribution in [0.2, 0.25) is 0 Å². The summed E-state index contributed by atoms with van der Waals surface area (Å²) < 4.78 is 30.4. The Morgan fingerprint density at radius 3 is 2.49 bits per heavy atom. The Morgan fingerprint density at radius 1 is 1.00 bits per heavy atom. The Balaban J connectivity index is 1.40. The summed E-state index contributed by atoms with van der Waals surface area (Å²) in [6.07, 6.45) is 1.04. The lowest BCUT2D eigenvalue weighted by atomic mass is 10.1. The predicted octanol–water partition coefficient (Wildman–Crippen LogP) is 5.86. The molecule has 0 bridgehead atoms. The maximum absolute atomic E-state index is 14.8. The highest BCUT2D eigenvalue weighted by atomic mass is 32.2. The number of amides is 1. The molecule has 5 rings (SSSR count). The number of phenolic OH excluding ortho intramolecular Hbond substituents is 1. The number of nitrogens with one attached hydrogen (secondary N) is 2. The van der Waals surface area contributed by atoms with Gasteiger partial charge in [0.05, 0.1) is 45.0 Å². The molecule has 0 spiro atoms. The first-order valence-electron chi connectivity index (χ1n) is 12.6. The number of benzene rings is 3. The van der Waals surface area contributed by atoms with Gasteiger partial charge in [0, 0.05) is 28.4 Å². The Kier molecular flexibility index (Phi) is 8.02. The van der Waals surface area contributed by atoms with E-state index in [0.717, 1.165) is 22.4 Å². The Bertz CT molecular complexity index is 1590. The van der Waals surface area contributed by atoms with Crippen LogP contribution in [0.1, 0.15) is 12.5 Å². The second-order valence-corrected chi connectivity index (χ2v) is 10.5. The largest absolute Gasteiger partial charge is 0.504 e. The van der Waals surface area contributed by atoms with Crippen LogP contribution in [0.25, 0.3) is 0 Å². The molecular weight excluding hydrogens is 549 g/mol. The quantitative estimate of drug-likeness (QED) is 0.223. The fourth-order valence-electron chi connectivity index (χ4n) is 4.36. The van der Waals surface area contributed by atoms with Crippen LogP contribution in [-0.4, -0.2) is 47.6 Å². The fourth-order valence-corrected chi connectivity index (χ4v) is 5.40. The molecule has 0 radical (unpaired) electrons. The number of hydrogen-bond acceptors (Lipinski definition) is 10. The van der Waals surface area contributed by atoms with Crippen molar-refractivity contribution in [3.63, 3.8) is 0 Å². The molecule has 0 unspecified atom stereocenters. The van der Waals surface area contributed by atoms with Crippen molar-refractivity contribution in [3.05, 3.63) is 72.2 Å². The molecule has 41 heavy (non-hydrogen) atoms. The zero-order valence-electron chi connectivity index (χ0n) is 22.8. The highest BCUT2D eigenvalue weighted by Crippen LogP contribution is 2.42. The van der Waals surface area contributed by atoms with Crippen LogP contribution < -0.4 is 29.7 Å². The number of phenols is 1. The molecule has 10 nitrogen and oxygen atoms in total. The van der Waals surface area contributed by atoms with E-state index in [1.807, 2.05) is 37.3 Å². The molecule has 1 aromatic heterocycles. The van der Waals surface area contributed by atoms with Crippen LogP contribution in [-0.2, 0) is 11.3 Å². The predicted molar refractivity (Wildman–Crippen MR) is 156 cm³/mol. The molecule has 3 aromatic carbocycles. The van der Waals surface area contributed by atoms with Gasteiger partial charge >= 0.3 is 0 Å². The summed E-state index contributed by atoms with van der Waals surface area (Å²) in [4.78, 5) is 24.2. The molecule has 4 aromatic rings. The summed E-state index contributed by atoms with van der Waals surface area (Å²) in [6, 6.07) is 16.1. The number of carbonyl (C=O) groups excluding carboxylic acids is 1. The van der Waals surface area contributed by atoms with Crippen LogP contribution in [0, 0.1) is 5.82 Å². The summed E-state index contributed by atoms with van der Waals surface area (Å²) >= 11 is 1.48. The Labute approximate surface area is 240 Å². The molecule has 2 heterocycles. The number of rotatable bonds is 9. The number of ether oxygens (including phenoxy) is 3. The van der Waals surface area contributed by atoms with Crippen LogP contribution in [0.3, 0.4) is 0 Å². The molecule has 1 amide bonds. The van der Waals surface area contributed by atoms with Crippen molar-refractivity contribution in [1.29, 1.82) is 0 Å². The molecule has 1 atom stereocenters. The second-order valence-electron chi connectivity index (χ2n) is 9.09. The van der Waals surface area contributed by atoms with Crippen molar-refractivity contribution in [2.24, 2.45) is 0 Å². The minimum absolute atomic E-state index is 0.0201. The highest BCUT2D eigenvalue weighted by Gasteiger charge is 2.31. The number of hydrogen-bond donors (Lipinski definition) is 3. The van der Waals surface area contributed by atoms with E-state index < -0.39 is 5.82 Å². The van der Waals surface area contributed by atoms with Crippen LogP contribution in [0.4, 0.5) is 33.2 Å². The zero-order chi connectivity index (χ0) is 29.1. The highest BCUT2D eigenvalue weighted by molar-refractivity contribution is 8.01. The van der Waals surface area contributed by atoms with Gasteiger partial charge in [-0.25, -0.2) is 9.37 Å². The number of fused-ring (bicyclic) bond motifs is 1. The van der Waals surface area contributed by atoms with Crippen LogP contribution in [0.5, 0.6) is 23.0 Å². The van der Waals surface area contributed by atoms with Gasteiger partial charge in [-0.05, 0) is 42.8 Å². The molecule has 1 aliphatic rings. The maximum Gasteiger partial charge on any atom is 0.240 e. The van der Waals surface area contributed by atoms with E-state index in [0.29, 0.717) is 29.4 Å². The number of nitrogens with zero attached hydrogens (tertiary/aromatic N) is 3. The molecule has 1 aliphatic heterocycles. The Morgan fingerprint density at radius 2 is 1.78 bits per heavy atom. The first kappa shape index (κ1) is 27.8. The van der Waals surface area contributed by atoms with E-state index in [-0.39, 0.29) is 34.4 Å². The van der Waals surface area contributed by atoms with Crippen molar-refractivity contribution in [2.75, 3.05) is 36.9 Å².